The fraction of sp³-hybridized carbons (Fsp3) is 0.600. The Labute approximate surface area is 110 Å². The molecule has 1 aromatic carbocycles. The van der Waals surface area contributed by atoms with E-state index in [9.17, 15) is 0 Å². The van der Waals surface area contributed by atoms with Crippen molar-refractivity contribution in [2.45, 2.75) is 46.3 Å². The molecule has 1 unspecified atom stereocenters. The van der Waals surface area contributed by atoms with Gasteiger partial charge in [-0.05, 0) is 44.0 Å². The van der Waals surface area contributed by atoms with Crippen molar-refractivity contribution in [1.29, 1.82) is 0 Å². The van der Waals surface area contributed by atoms with Crippen LogP contribution in [-0.2, 0) is 6.54 Å². The third kappa shape index (κ3) is 4.57. The smallest absolute Gasteiger partial charge is 0.161 e. The molecule has 0 aromatic heterocycles. The minimum atomic E-state index is 0.211. The lowest BCUT2D eigenvalue weighted by Crippen LogP contribution is -2.14. The number of ether oxygens (including phenoxy) is 2. The van der Waals surface area contributed by atoms with Gasteiger partial charge in [0.2, 0.25) is 0 Å². The first-order valence-electron chi connectivity index (χ1n) is 6.75. The van der Waals surface area contributed by atoms with E-state index < -0.39 is 0 Å². The van der Waals surface area contributed by atoms with E-state index >= 15 is 0 Å². The van der Waals surface area contributed by atoms with Gasteiger partial charge >= 0.3 is 0 Å². The number of hydrogen-bond acceptors (Lipinski definition) is 3. The molecule has 0 heterocycles. The summed E-state index contributed by atoms with van der Waals surface area (Å²) in [6.45, 7) is 8.24. The Morgan fingerprint density at radius 2 is 2.00 bits per heavy atom. The molecular formula is C15H25NO2. The van der Waals surface area contributed by atoms with E-state index in [4.69, 9.17) is 9.47 Å². The van der Waals surface area contributed by atoms with Gasteiger partial charge in [0.1, 0.15) is 0 Å². The summed E-state index contributed by atoms with van der Waals surface area (Å²) in [6.07, 6.45) is 2.35. The van der Waals surface area contributed by atoms with Gasteiger partial charge in [-0.15, -0.1) is 0 Å². The Bertz CT molecular complexity index is 352. The number of hydrogen-bond donors (Lipinski definition) is 1. The van der Waals surface area contributed by atoms with Crippen molar-refractivity contribution in [1.82, 2.24) is 5.32 Å². The molecule has 1 N–H and O–H groups in total. The van der Waals surface area contributed by atoms with Crippen LogP contribution in [-0.4, -0.2) is 19.8 Å². The zero-order valence-corrected chi connectivity index (χ0v) is 12.0. The molecule has 3 nitrogen and oxygen atoms in total. The fourth-order valence-corrected chi connectivity index (χ4v) is 1.63. The monoisotopic (exact) mass is 251 g/mol. The van der Waals surface area contributed by atoms with Gasteiger partial charge in [-0.3, -0.25) is 0 Å². The van der Waals surface area contributed by atoms with E-state index in [0.717, 1.165) is 37.4 Å². The Kier molecular flexibility index (Phi) is 6.58. The molecule has 0 fully saturated rings. The first kappa shape index (κ1) is 14.8. The molecule has 1 atom stereocenters. The van der Waals surface area contributed by atoms with E-state index in [2.05, 4.69) is 32.2 Å². The second-order valence-electron chi connectivity index (χ2n) is 4.50. The third-order valence-corrected chi connectivity index (χ3v) is 2.89. The maximum Gasteiger partial charge on any atom is 0.161 e. The van der Waals surface area contributed by atoms with E-state index in [1.54, 1.807) is 7.11 Å². The quantitative estimate of drug-likeness (QED) is 0.719. The standard InChI is InChI=1S/C15H25NO2/c1-5-9-16-11-13-7-8-14(15(10-13)17-4)18-12(3)6-2/h7-8,10,12,16H,5-6,9,11H2,1-4H3. The Balaban J connectivity index is 2.70. The highest BCUT2D eigenvalue weighted by Gasteiger charge is 2.08. The van der Waals surface area contributed by atoms with Crippen LogP contribution in [0.2, 0.25) is 0 Å². The number of rotatable bonds is 8. The van der Waals surface area contributed by atoms with Crippen LogP contribution in [0.3, 0.4) is 0 Å². The zero-order chi connectivity index (χ0) is 13.4. The van der Waals surface area contributed by atoms with Crippen molar-refractivity contribution < 1.29 is 9.47 Å². The Hall–Kier alpha value is -1.22. The summed E-state index contributed by atoms with van der Waals surface area (Å²) < 4.78 is 11.2. The molecular weight excluding hydrogens is 226 g/mol. The second kappa shape index (κ2) is 7.98. The molecule has 0 spiro atoms. The molecule has 1 rings (SSSR count). The first-order chi connectivity index (χ1) is 8.71. The predicted molar refractivity (Wildman–Crippen MR) is 75.4 cm³/mol. The van der Waals surface area contributed by atoms with Gasteiger partial charge in [0.15, 0.2) is 11.5 Å². The fourth-order valence-electron chi connectivity index (χ4n) is 1.63. The molecule has 3 heteroatoms. The van der Waals surface area contributed by atoms with E-state index in [0.29, 0.717) is 0 Å². The van der Waals surface area contributed by atoms with Crippen molar-refractivity contribution in [2.75, 3.05) is 13.7 Å². The lowest BCUT2D eigenvalue weighted by atomic mass is 10.2. The maximum atomic E-state index is 5.82. The van der Waals surface area contributed by atoms with E-state index in [1.165, 1.54) is 5.56 Å². The van der Waals surface area contributed by atoms with Crippen LogP contribution in [0, 0.1) is 0 Å². The van der Waals surface area contributed by atoms with Gasteiger partial charge in [-0.25, -0.2) is 0 Å². The van der Waals surface area contributed by atoms with Crippen LogP contribution < -0.4 is 14.8 Å². The SMILES string of the molecule is CCCNCc1ccc(OC(C)CC)c(OC)c1. The van der Waals surface area contributed by atoms with E-state index in [-0.39, 0.29) is 6.10 Å². The summed E-state index contributed by atoms with van der Waals surface area (Å²) in [7, 11) is 1.68. The molecule has 0 saturated carbocycles. The van der Waals surface area contributed by atoms with Crippen molar-refractivity contribution in [3.05, 3.63) is 23.8 Å². The minimum absolute atomic E-state index is 0.211. The van der Waals surface area contributed by atoms with Gasteiger partial charge in [-0.2, -0.15) is 0 Å². The van der Waals surface area contributed by atoms with Crippen molar-refractivity contribution in [2.24, 2.45) is 0 Å². The number of methoxy groups -OCH3 is 1. The third-order valence-electron chi connectivity index (χ3n) is 2.89. The summed E-state index contributed by atoms with van der Waals surface area (Å²) in [5.41, 5.74) is 1.22. The first-order valence-corrected chi connectivity index (χ1v) is 6.75. The molecule has 0 radical (unpaired) electrons. The van der Waals surface area contributed by atoms with Crippen LogP contribution in [0.4, 0.5) is 0 Å². The summed E-state index contributed by atoms with van der Waals surface area (Å²) >= 11 is 0. The molecule has 0 aliphatic rings. The molecule has 0 amide bonds. The molecule has 0 bridgehead atoms. The average Bonchev–Trinajstić information content (AvgIpc) is 2.40. The molecule has 18 heavy (non-hydrogen) atoms. The average molecular weight is 251 g/mol. The summed E-state index contributed by atoms with van der Waals surface area (Å²) in [4.78, 5) is 0. The number of nitrogens with one attached hydrogen (secondary N) is 1. The zero-order valence-electron chi connectivity index (χ0n) is 12.0. The van der Waals surface area contributed by atoms with Crippen LogP contribution in [0.5, 0.6) is 11.5 Å². The van der Waals surface area contributed by atoms with Crippen LogP contribution in [0.1, 0.15) is 39.2 Å². The van der Waals surface area contributed by atoms with Gasteiger partial charge < -0.3 is 14.8 Å². The van der Waals surface area contributed by atoms with Gasteiger partial charge in [0, 0.05) is 6.54 Å². The highest BCUT2D eigenvalue weighted by atomic mass is 16.5. The molecule has 0 aliphatic heterocycles. The van der Waals surface area contributed by atoms with Crippen LogP contribution in [0.25, 0.3) is 0 Å². The second-order valence-corrected chi connectivity index (χ2v) is 4.50. The van der Waals surface area contributed by atoms with Crippen LogP contribution >= 0.6 is 0 Å². The lowest BCUT2D eigenvalue weighted by Gasteiger charge is -2.16. The van der Waals surface area contributed by atoms with Crippen molar-refractivity contribution in [3.63, 3.8) is 0 Å². The predicted octanol–water partition coefficient (Wildman–Crippen LogP) is 3.37. The summed E-state index contributed by atoms with van der Waals surface area (Å²) in [5, 5.41) is 3.38. The molecule has 102 valence electrons. The van der Waals surface area contributed by atoms with Gasteiger partial charge in [0.05, 0.1) is 13.2 Å². The van der Waals surface area contributed by atoms with Gasteiger partial charge in [-0.1, -0.05) is 19.9 Å². The van der Waals surface area contributed by atoms with Crippen molar-refractivity contribution >= 4 is 0 Å². The lowest BCUT2D eigenvalue weighted by molar-refractivity contribution is 0.207. The topological polar surface area (TPSA) is 30.5 Å². The maximum absolute atomic E-state index is 5.82. The van der Waals surface area contributed by atoms with E-state index in [1.807, 2.05) is 12.1 Å². The Morgan fingerprint density at radius 3 is 2.61 bits per heavy atom. The minimum Gasteiger partial charge on any atom is -0.493 e. The molecule has 1 aromatic rings. The Morgan fingerprint density at radius 1 is 1.22 bits per heavy atom. The summed E-state index contributed by atoms with van der Waals surface area (Å²) in [6, 6.07) is 6.12. The molecule has 0 aliphatic carbocycles. The highest BCUT2D eigenvalue weighted by Crippen LogP contribution is 2.29. The normalized spacial score (nSPS) is 12.2. The van der Waals surface area contributed by atoms with Crippen LogP contribution in [0.15, 0.2) is 18.2 Å². The van der Waals surface area contributed by atoms with Gasteiger partial charge in [0.25, 0.3) is 0 Å². The number of benzene rings is 1. The highest BCUT2D eigenvalue weighted by molar-refractivity contribution is 5.43. The summed E-state index contributed by atoms with van der Waals surface area (Å²) in [5.74, 6) is 1.64. The largest absolute Gasteiger partial charge is 0.493 e. The van der Waals surface area contributed by atoms with Crippen molar-refractivity contribution in [3.8, 4) is 11.5 Å². The molecule has 0 saturated heterocycles.